The number of hydrogen-bond acceptors (Lipinski definition) is 2. The maximum atomic E-state index is 12.7. The first-order chi connectivity index (χ1) is 9.90. The van der Waals surface area contributed by atoms with Crippen LogP contribution in [0.15, 0.2) is 30.3 Å². The normalized spacial score (nSPS) is 18.1. The Morgan fingerprint density at radius 2 is 1.90 bits per heavy atom. The molecule has 1 aliphatic carbocycles. The van der Waals surface area contributed by atoms with Crippen LogP contribution >= 0.6 is 0 Å². The van der Waals surface area contributed by atoms with E-state index in [2.05, 4.69) is 26.1 Å². The first-order valence-corrected chi connectivity index (χ1v) is 7.87. The molecule has 3 heteroatoms. The van der Waals surface area contributed by atoms with Gasteiger partial charge in [0.1, 0.15) is 0 Å². The van der Waals surface area contributed by atoms with Crippen LogP contribution in [0.25, 0.3) is 0 Å². The second kappa shape index (κ2) is 6.61. The lowest BCUT2D eigenvalue weighted by Gasteiger charge is -2.27. The fourth-order valence-electron chi connectivity index (χ4n) is 2.92. The Labute approximate surface area is 127 Å². The maximum Gasteiger partial charge on any atom is 0.228 e. The topological polar surface area (TPSA) is 49.3 Å². The Morgan fingerprint density at radius 1 is 1.29 bits per heavy atom. The summed E-state index contributed by atoms with van der Waals surface area (Å²) in [5.74, 6) is 0.452. The van der Waals surface area contributed by atoms with Gasteiger partial charge in [0.05, 0.1) is 18.6 Å². The predicted molar refractivity (Wildman–Crippen MR) is 85.0 cm³/mol. The average Bonchev–Trinajstić information content (AvgIpc) is 3.22. The molecule has 1 saturated carbocycles. The first kappa shape index (κ1) is 16.0. The largest absolute Gasteiger partial charge is 0.394 e. The van der Waals surface area contributed by atoms with Crippen molar-refractivity contribution in [2.24, 2.45) is 11.3 Å². The van der Waals surface area contributed by atoms with E-state index in [-0.39, 0.29) is 29.9 Å². The van der Waals surface area contributed by atoms with Gasteiger partial charge in [-0.1, -0.05) is 51.1 Å². The molecule has 0 spiro atoms. The van der Waals surface area contributed by atoms with E-state index in [4.69, 9.17) is 0 Å². The lowest BCUT2D eigenvalue weighted by molar-refractivity contribution is -0.124. The Hall–Kier alpha value is -1.35. The van der Waals surface area contributed by atoms with Crippen molar-refractivity contribution in [2.75, 3.05) is 6.61 Å². The molecule has 0 radical (unpaired) electrons. The van der Waals surface area contributed by atoms with Gasteiger partial charge in [0.25, 0.3) is 0 Å². The number of aliphatic hydroxyl groups is 1. The van der Waals surface area contributed by atoms with Crippen molar-refractivity contribution in [1.82, 2.24) is 5.32 Å². The van der Waals surface area contributed by atoms with Crippen LogP contribution in [0.2, 0.25) is 0 Å². The van der Waals surface area contributed by atoms with Crippen LogP contribution in [-0.2, 0) is 4.79 Å². The molecule has 2 N–H and O–H groups in total. The molecule has 2 unspecified atom stereocenters. The van der Waals surface area contributed by atoms with Crippen molar-refractivity contribution in [3.63, 3.8) is 0 Å². The number of nitrogens with one attached hydrogen (secondary N) is 1. The SMILES string of the molecule is CC(C)(C)CC(CO)NC(=O)C(c1ccccc1)C1CC1. The molecular weight excluding hydrogens is 262 g/mol. The molecule has 0 heterocycles. The minimum atomic E-state index is -0.164. The number of carbonyl (C=O) groups is 1. The molecule has 3 nitrogen and oxygen atoms in total. The molecule has 116 valence electrons. The highest BCUT2D eigenvalue weighted by Gasteiger charge is 2.38. The van der Waals surface area contributed by atoms with Crippen LogP contribution < -0.4 is 5.32 Å². The van der Waals surface area contributed by atoms with Gasteiger partial charge in [-0.25, -0.2) is 0 Å². The summed E-state index contributed by atoms with van der Waals surface area (Å²) in [6.07, 6.45) is 3.02. The summed E-state index contributed by atoms with van der Waals surface area (Å²) in [6.45, 7) is 6.36. The summed E-state index contributed by atoms with van der Waals surface area (Å²) < 4.78 is 0. The third-order valence-electron chi connectivity index (χ3n) is 3.96. The highest BCUT2D eigenvalue weighted by molar-refractivity contribution is 5.84. The molecule has 1 fully saturated rings. The molecule has 0 bridgehead atoms. The van der Waals surface area contributed by atoms with Gasteiger partial charge < -0.3 is 10.4 Å². The maximum absolute atomic E-state index is 12.7. The lowest BCUT2D eigenvalue weighted by Crippen LogP contribution is -2.42. The second-order valence-electron chi connectivity index (χ2n) is 7.38. The molecule has 2 atom stereocenters. The van der Waals surface area contributed by atoms with Crippen molar-refractivity contribution >= 4 is 5.91 Å². The third kappa shape index (κ3) is 4.85. The molecule has 0 aromatic heterocycles. The van der Waals surface area contributed by atoms with Crippen molar-refractivity contribution < 1.29 is 9.90 Å². The van der Waals surface area contributed by atoms with E-state index in [1.54, 1.807) is 0 Å². The lowest BCUT2D eigenvalue weighted by atomic mass is 9.87. The summed E-state index contributed by atoms with van der Waals surface area (Å²) in [5, 5.41) is 12.6. The number of carbonyl (C=O) groups excluding carboxylic acids is 1. The van der Waals surface area contributed by atoms with E-state index < -0.39 is 0 Å². The highest BCUT2D eigenvalue weighted by atomic mass is 16.3. The molecule has 1 aliphatic rings. The van der Waals surface area contributed by atoms with E-state index >= 15 is 0 Å². The minimum absolute atomic E-state index is 0.00478. The predicted octanol–water partition coefficient (Wildman–Crippen LogP) is 3.09. The van der Waals surface area contributed by atoms with E-state index in [1.807, 2.05) is 30.3 Å². The molecule has 0 aliphatic heterocycles. The molecule has 0 saturated heterocycles. The molecular formula is C18H27NO2. The van der Waals surface area contributed by atoms with E-state index in [9.17, 15) is 9.90 Å². The summed E-state index contributed by atoms with van der Waals surface area (Å²) in [5.41, 5.74) is 1.17. The van der Waals surface area contributed by atoms with E-state index in [0.29, 0.717) is 5.92 Å². The van der Waals surface area contributed by atoms with Crippen molar-refractivity contribution in [2.45, 2.75) is 52.0 Å². The van der Waals surface area contributed by atoms with Crippen LogP contribution in [0.3, 0.4) is 0 Å². The molecule has 1 amide bonds. The van der Waals surface area contributed by atoms with Gasteiger partial charge in [0, 0.05) is 0 Å². The van der Waals surface area contributed by atoms with Crippen molar-refractivity contribution in [3.05, 3.63) is 35.9 Å². The number of aliphatic hydroxyl groups excluding tert-OH is 1. The Kier molecular flexibility index (Phi) is 5.04. The zero-order valence-electron chi connectivity index (χ0n) is 13.3. The number of benzene rings is 1. The molecule has 2 rings (SSSR count). The molecule has 1 aromatic rings. The zero-order valence-corrected chi connectivity index (χ0v) is 13.3. The first-order valence-electron chi connectivity index (χ1n) is 7.87. The number of hydrogen-bond donors (Lipinski definition) is 2. The summed E-state index contributed by atoms with van der Waals surface area (Å²) >= 11 is 0. The van der Waals surface area contributed by atoms with Crippen LogP contribution in [-0.4, -0.2) is 23.7 Å². The highest BCUT2D eigenvalue weighted by Crippen LogP contribution is 2.42. The Balaban J connectivity index is 2.05. The summed E-state index contributed by atoms with van der Waals surface area (Å²) in [7, 11) is 0. The molecule has 1 aromatic carbocycles. The molecule has 21 heavy (non-hydrogen) atoms. The summed E-state index contributed by atoms with van der Waals surface area (Å²) in [4.78, 5) is 12.7. The van der Waals surface area contributed by atoms with Gasteiger partial charge in [-0.3, -0.25) is 4.79 Å². The smallest absolute Gasteiger partial charge is 0.228 e. The van der Waals surface area contributed by atoms with E-state index in [1.165, 1.54) is 0 Å². The average molecular weight is 289 g/mol. The van der Waals surface area contributed by atoms with Gasteiger partial charge in [-0.05, 0) is 36.2 Å². The van der Waals surface area contributed by atoms with E-state index in [0.717, 1.165) is 24.8 Å². The van der Waals surface area contributed by atoms with Crippen LogP contribution in [0.5, 0.6) is 0 Å². The quantitative estimate of drug-likeness (QED) is 0.845. The van der Waals surface area contributed by atoms with Gasteiger partial charge >= 0.3 is 0 Å². The zero-order chi connectivity index (χ0) is 15.5. The monoisotopic (exact) mass is 289 g/mol. The third-order valence-corrected chi connectivity index (χ3v) is 3.96. The standard InChI is InChI=1S/C18H27NO2/c1-18(2,3)11-15(12-20)19-17(21)16(14-9-10-14)13-7-5-4-6-8-13/h4-8,14-16,20H,9-12H2,1-3H3,(H,19,21). The Bertz CT molecular complexity index is 460. The fraction of sp³-hybridized carbons (Fsp3) is 0.611. The second-order valence-corrected chi connectivity index (χ2v) is 7.38. The summed E-state index contributed by atoms with van der Waals surface area (Å²) in [6, 6.07) is 9.83. The van der Waals surface area contributed by atoms with Gasteiger partial charge in [-0.2, -0.15) is 0 Å². The number of amides is 1. The van der Waals surface area contributed by atoms with Gasteiger partial charge in [0.2, 0.25) is 5.91 Å². The van der Waals surface area contributed by atoms with Gasteiger partial charge in [-0.15, -0.1) is 0 Å². The van der Waals surface area contributed by atoms with Crippen LogP contribution in [0.4, 0.5) is 0 Å². The minimum Gasteiger partial charge on any atom is -0.394 e. The number of rotatable bonds is 6. The van der Waals surface area contributed by atoms with Gasteiger partial charge in [0.15, 0.2) is 0 Å². The van der Waals surface area contributed by atoms with Crippen molar-refractivity contribution in [3.8, 4) is 0 Å². The van der Waals surface area contributed by atoms with Crippen LogP contribution in [0.1, 0.15) is 51.5 Å². The fourth-order valence-corrected chi connectivity index (χ4v) is 2.92. The van der Waals surface area contributed by atoms with Crippen molar-refractivity contribution in [1.29, 1.82) is 0 Å². The van der Waals surface area contributed by atoms with Crippen LogP contribution in [0, 0.1) is 11.3 Å². The Morgan fingerprint density at radius 3 is 2.38 bits per heavy atom.